The van der Waals surface area contributed by atoms with Gasteiger partial charge in [0.1, 0.15) is 6.10 Å². The summed E-state index contributed by atoms with van der Waals surface area (Å²) in [7, 11) is 2.05. The number of carbonyl (C=O) groups excluding carboxylic acids is 1. The van der Waals surface area contributed by atoms with E-state index in [-0.39, 0.29) is 23.9 Å². The maximum absolute atomic E-state index is 13.1. The van der Waals surface area contributed by atoms with Crippen LogP contribution in [0, 0.1) is 0 Å². The number of aromatic nitrogens is 1. The fourth-order valence-electron chi connectivity index (χ4n) is 4.50. The number of likely N-dealkylation sites (N-methyl/N-ethyl adjacent to an activating group) is 1. The van der Waals surface area contributed by atoms with Gasteiger partial charge in [-0.1, -0.05) is 37.3 Å². The van der Waals surface area contributed by atoms with E-state index in [2.05, 4.69) is 52.9 Å². The lowest BCUT2D eigenvalue weighted by Crippen LogP contribution is -2.53. The molecule has 1 atom stereocenters. The molecule has 2 N–H and O–H groups in total. The predicted molar refractivity (Wildman–Crippen MR) is 130 cm³/mol. The molecule has 4 rings (SSSR count). The number of nitrogens with one attached hydrogen (secondary N) is 1. The molecule has 2 aliphatic heterocycles. The Morgan fingerprint density at radius 2 is 2.00 bits per heavy atom. The molecule has 2 aromatic rings. The van der Waals surface area contributed by atoms with Gasteiger partial charge in [-0.2, -0.15) is 0 Å². The number of anilines is 1. The van der Waals surface area contributed by atoms with Crippen molar-refractivity contribution < 1.29 is 19.4 Å². The number of hydrogen-bond donors (Lipinski definition) is 2. The van der Waals surface area contributed by atoms with Gasteiger partial charge >= 0.3 is 0 Å². The highest BCUT2D eigenvalue weighted by atomic mass is 32.1. The van der Waals surface area contributed by atoms with Crippen molar-refractivity contribution in [3.05, 3.63) is 47.0 Å². The third kappa shape index (κ3) is 6.10. The molecular weight excluding hydrogens is 440 g/mol. The van der Waals surface area contributed by atoms with E-state index in [1.807, 2.05) is 11.9 Å². The average Bonchev–Trinajstić information content (AvgIpc) is 3.33. The van der Waals surface area contributed by atoms with Gasteiger partial charge in [-0.05, 0) is 31.9 Å². The Labute approximate surface area is 199 Å². The molecule has 2 aliphatic rings. The molecule has 2 fully saturated rings. The molecule has 8 nitrogen and oxygen atoms in total. The Bertz CT molecular complexity index is 884. The topological polar surface area (TPSA) is 95.0 Å². The minimum Gasteiger partial charge on any atom is -0.483 e. The largest absolute Gasteiger partial charge is 0.483 e. The summed E-state index contributed by atoms with van der Waals surface area (Å²) in [5.74, 6) is 0.131. The van der Waals surface area contributed by atoms with Crippen LogP contribution in [-0.4, -0.2) is 84.8 Å². The first-order valence-corrected chi connectivity index (χ1v) is 12.3. The van der Waals surface area contributed by atoms with Gasteiger partial charge in [0.2, 0.25) is 0 Å². The molecule has 1 aromatic carbocycles. The number of morpholine rings is 1. The summed E-state index contributed by atoms with van der Waals surface area (Å²) in [6.07, 6.45) is 2.50. The highest BCUT2D eigenvalue weighted by Crippen LogP contribution is 2.42. The van der Waals surface area contributed by atoms with Crippen molar-refractivity contribution in [1.82, 2.24) is 14.8 Å². The highest BCUT2D eigenvalue weighted by molar-refractivity contribution is 7.13. The Hall–Kier alpha value is -2.49. The second kappa shape index (κ2) is 12.1. The summed E-state index contributed by atoms with van der Waals surface area (Å²) >= 11 is 1.68. The molecule has 0 bridgehead atoms. The number of ether oxygens (including phenoxy) is 1. The first-order chi connectivity index (χ1) is 16.0. The normalized spacial score (nSPS) is 20.4. The van der Waals surface area contributed by atoms with E-state index in [1.165, 1.54) is 5.56 Å². The molecule has 0 saturated carbocycles. The number of rotatable bonds is 6. The number of thiazole rings is 1. The van der Waals surface area contributed by atoms with Crippen LogP contribution in [0.2, 0.25) is 0 Å². The number of amides is 1. The van der Waals surface area contributed by atoms with Crippen molar-refractivity contribution >= 4 is 28.8 Å². The molecule has 2 saturated heterocycles. The van der Waals surface area contributed by atoms with Crippen LogP contribution in [0.25, 0.3) is 0 Å². The molecule has 33 heavy (non-hydrogen) atoms. The number of nitrogens with zero attached hydrogens (tertiary/aromatic N) is 3. The summed E-state index contributed by atoms with van der Waals surface area (Å²) in [5.41, 5.74) is 2.27. The van der Waals surface area contributed by atoms with Crippen molar-refractivity contribution in [3.63, 3.8) is 0 Å². The number of piperidine rings is 1. The Morgan fingerprint density at radius 1 is 1.30 bits per heavy atom. The summed E-state index contributed by atoms with van der Waals surface area (Å²) in [5, 5.41) is 13.5. The molecular formula is C24H34N4O4S. The fourth-order valence-corrected chi connectivity index (χ4v) is 5.33. The monoisotopic (exact) mass is 474 g/mol. The Morgan fingerprint density at radius 3 is 2.64 bits per heavy atom. The van der Waals surface area contributed by atoms with Gasteiger partial charge in [-0.15, -0.1) is 11.3 Å². The van der Waals surface area contributed by atoms with Crippen LogP contribution in [0.5, 0.6) is 0 Å². The molecule has 3 heterocycles. The minimum absolute atomic E-state index is 0.131. The zero-order valence-corrected chi connectivity index (χ0v) is 20.2. The Kier molecular flexibility index (Phi) is 9.22. The molecule has 0 radical (unpaired) electrons. The lowest BCUT2D eigenvalue weighted by atomic mass is 9.70. The van der Waals surface area contributed by atoms with Crippen molar-refractivity contribution in [2.75, 3.05) is 51.7 Å². The van der Waals surface area contributed by atoms with E-state index >= 15 is 0 Å². The standard InChI is InChI=1S/C23H32N4O2S.CH2O2/c1-3-11-24-22-25-20(17-30-22)23(18-7-5-4-6-8-18)9-12-27(13-10-23)21(28)19-16-26(2)14-15-29-19;2-1-3/h4-8,17,19H,3,9-16H2,1-2H3,(H,24,25);1H,(H,2,3). The lowest BCUT2D eigenvalue weighted by Gasteiger charge is -2.43. The number of likely N-dealkylation sites (tertiary alicyclic amines) is 1. The average molecular weight is 475 g/mol. The minimum atomic E-state index is -0.336. The van der Waals surface area contributed by atoms with Gasteiger partial charge in [0.15, 0.2) is 5.13 Å². The molecule has 9 heteroatoms. The van der Waals surface area contributed by atoms with Crippen LogP contribution in [0.15, 0.2) is 35.7 Å². The zero-order valence-electron chi connectivity index (χ0n) is 19.4. The van der Waals surface area contributed by atoms with Crippen molar-refractivity contribution in [1.29, 1.82) is 0 Å². The number of carbonyl (C=O) groups is 2. The second-order valence-corrected chi connectivity index (χ2v) is 9.32. The van der Waals surface area contributed by atoms with Crippen LogP contribution in [0.3, 0.4) is 0 Å². The van der Waals surface area contributed by atoms with E-state index in [0.29, 0.717) is 13.2 Å². The number of hydrogen-bond acceptors (Lipinski definition) is 7. The second-order valence-electron chi connectivity index (χ2n) is 8.47. The van der Waals surface area contributed by atoms with Crippen molar-refractivity contribution in [2.24, 2.45) is 0 Å². The smallest absolute Gasteiger partial charge is 0.290 e. The first kappa shape index (κ1) is 25.1. The summed E-state index contributed by atoms with van der Waals surface area (Å²) < 4.78 is 5.77. The molecule has 0 aliphatic carbocycles. The maximum Gasteiger partial charge on any atom is 0.290 e. The van der Waals surface area contributed by atoms with E-state index in [0.717, 1.165) is 56.3 Å². The van der Waals surface area contributed by atoms with Gasteiger partial charge < -0.3 is 25.0 Å². The van der Waals surface area contributed by atoms with Gasteiger partial charge in [-0.3, -0.25) is 9.59 Å². The van der Waals surface area contributed by atoms with E-state index in [1.54, 1.807) is 11.3 Å². The van der Waals surface area contributed by atoms with Crippen LogP contribution in [0.1, 0.15) is 37.4 Å². The number of carboxylic acid groups (broad SMARTS) is 1. The van der Waals surface area contributed by atoms with Crippen LogP contribution < -0.4 is 5.32 Å². The summed E-state index contributed by atoms with van der Waals surface area (Å²) in [4.78, 5) is 30.5. The van der Waals surface area contributed by atoms with Gasteiger partial charge in [-0.25, -0.2) is 4.98 Å². The highest BCUT2D eigenvalue weighted by Gasteiger charge is 2.42. The van der Waals surface area contributed by atoms with Crippen LogP contribution in [-0.2, 0) is 19.7 Å². The molecule has 0 spiro atoms. The van der Waals surface area contributed by atoms with E-state index < -0.39 is 0 Å². The predicted octanol–water partition coefficient (Wildman–Crippen LogP) is 2.90. The molecule has 180 valence electrons. The van der Waals surface area contributed by atoms with Crippen molar-refractivity contribution in [2.45, 2.75) is 37.7 Å². The SMILES string of the molecule is CCCNc1nc(C2(c3ccccc3)CCN(C(=O)C3CN(C)CCO3)CC2)cs1.O=CO. The van der Waals surface area contributed by atoms with Crippen LogP contribution in [0.4, 0.5) is 5.13 Å². The van der Waals surface area contributed by atoms with Crippen molar-refractivity contribution in [3.8, 4) is 0 Å². The molecule has 1 aromatic heterocycles. The zero-order chi connectivity index (χ0) is 23.7. The third-order valence-corrected chi connectivity index (χ3v) is 7.12. The van der Waals surface area contributed by atoms with E-state index in [9.17, 15) is 4.79 Å². The lowest BCUT2D eigenvalue weighted by molar-refractivity contribution is -0.150. The summed E-state index contributed by atoms with van der Waals surface area (Å²) in [6.45, 7) is 6.49. The first-order valence-electron chi connectivity index (χ1n) is 11.5. The summed E-state index contributed by atoms with van der Waals surface area (Å²) in [6, 6.07) is 10.7. The third-order valence-electron chi connectivity index (χ3n) is 6.32. The quantitative estimate of drug-likeness (QED) is 0.622. The molecule has 1 amide bonds. The number of benzene rings is 1. The fraction of sp³-hybridized carbons (Fsp3) is 0.542. The van der Waals surface area contributed by atoms with Gasteiger partial charge in [0.25, 0.3) is 12.4 Å². The van der Waals surface area contributed by atoms with Crippen LogP contribution >= 0.6 is 11.3 Å². The Balaban J connectivity index is 0.000000968. The molecule has 1 unspecified atom stereocenters. The maximum atomic E-state index is 13.1. The van der Waals surface area contributed by atoms with Gasteiger partial charge in [0, 0.05) is 43.5 Å². The van der Waals surface area contributed by atoms with E-state index in [4.69, 9.17) is 19.6 Å². The van der Waals surface area contributed by atoms with Gasteiger partial charge in [0.05, 0.1) is 12.3 Å².